The Hall–Kier alpha value is 0.483. The van der Waals surface area contributed by atoms with Gasteiger partial charge in [-0.05, 0) is 0 Å². The minimum atomic E-state index is -2.27. The van der Waals surface area contributed by atoms with Crippen molar-refractivity contribution in [3.8, 4) is 0 Å². The van der Waals surface area contributed by atoms with E-state index in [0.29, 0.717) is 0 Å². The Morgan fingerprint density at radius 2 is 1.25 bits per heavy atom. The molecule has 0 aromatic rings. The van der Waals surface area contributed by atoms with Gasteiger partial charge in [0, 0.05) is 0 Å². The van der Waals surface area contributed by atoms with Crippen LogP contribution in [-0.2, 0) is 28.9 Å². The van der Waals surface area contributed by atoms with Crippen molar-refractivity contribution >= 4 is 0 Å². The molecule has 3 heteroatoms. The standard InChI is InChI=1S/CH4.2O.Zr/h1H4;;;. The van der Waals surface area contributed by atoms with E-state index in [2.05, 4.69) is 0 Å². The van der Waals surface area contributed by atoms with E-state index in [1.54, 1.807) is 0 Å². The van der Waals surface area contributed by atoms with Crippen molar-refractivity contribution in [2.45, 2.75) is 7.43 Å². The van der Waals surface area contributed by atoms with E-state index in [9.17, 15) is 0 Å². The van der Waals surface area contributed by atoms with Crippen molar-refractivity contribution in [1.82, 2.24) is 0 Å². The van der Waals surface area contributed by atoms with Crippen LogP contribution in [0, 0.1) is 0 Å². The average Bonchev–Trinajstić information content (AvgIpc) is 0.918. The molecule has 0 amide bonds. The number of hydrogen-bond donors (Lipinski definition) is 0. The van der Waals surface area contributed by atoms with E-state index in [-0.39, 0.29) is 7.43 Å². The van der Waals surface area contributed by atoms with Crippen LogP contribution in [0.4, 0.5) is 0 Å². The molecule has 0 atom stereocenters. The molecule has 0 N–H and O–H groups in total. The normalized spacial score (nSPS) is 2.00. The summed E-state index contributed by atoms with van der Waals surface area (Å²) in [6, 6.07) is 0. The van der Waals surface area contributed by atoms with Crippen LogP contribution in [-0.4, -0.2) is 0 Å². The summed E-state index contributed by atoms with van der Waals surface area (Å²) in [6.07, 6.45) is 0. The molecule has 0 saturated heterocycles. The minimum absolute atomic E-state index is 0. The van der Waals surface area contributed by atoms with Gasteiger partial charge in [-0.1, -0.05) is 7.43 Å². The van der Waals surface area contributed by atoms with Gasteiger partial charge in [-0.25, -0.2) is 0 Å². The van der Waals surface area contributed by atoms with Crippen LogP contribution in [0.5, 0.6) is 0 Å². The van der Waals surface area contributed by atoms with Crippen molar-refractivity contribution in [3.63, 3.8) is 0 Å². The summed E-state index contributed by atoms with van der Waals surface area (Å²) in [6.45, 7) is 0. The van der Waals surface area contributed by atoms with E-state index in [1.165, 1.54) is 0 Å². The fraction of sp³-hybridized carbons (Fsp3) is 1.00. The van der Waals surface area contributed by atoms with Crippen LogP contribution in [0.25, 0.3) is 0 Å². The third-order valence-corrected chi connectivity index (χ3v) is 0. The summed E-state index contributed by atoms with van der Waals surface area (Å²) in [5.74, 6) is 0. The average molecular weight is 139 g/mol. The molecule has 0 saturated carbocycles. The first-order valence-electron chi connectivity index (χ1n) is 0.408. The van der Waals surface area contributed by atoms with E-state index in [4.69, 9.17) is 5.63 Å². The zero-order chi connectivity index (χ0) is 2.71. The maximum absolute atomic E-state index is 8.54. The topological polar surface area (TPSA) is 34.1 Å². The molecule has 0 fully saturated rings. The second-order valence-electron chi connectivity index (χ2n) is 0.0833. The monoisotopic (exact) mass is 138 g/mol. The van der Waals surface area contributed by atoms with Crippen LogP contribution in [0.15, 0.2) is 0 Å². The summed E-state index contributed by atoms with van der Waals surface area (Å²) < 4.78 is 17.1. The number of hydrogen-bond acceptors (Lipinski definition) is 2. The fourth-order valence-electron chi connectivity index (χ4n) is 0. The summed E-state index contributed by atoms with van der Waals surface area (Å²) >= 11 is -2.27. The first-order valence-corrected chi connectivity index (χ1v) is 2.42. The van der Waals surface area contributed by atoms with Gasteiger partial charge < -0.3 is 0 Å². The Kier molecular flexibility index (Phi) is 21.5. The molecule has 0 aliphatic heterocycles. The molecular weight excluding hydrogens is 135 g/mol. The van der Waals surface area contributed by atoms with Gasteiger partial charge in [0.15, 0.2) is 0 Å². The Morgan fingerprint density at radius 3 is 1.25 bits per heavy atom. The van der Waals surface area contributed by atoms with E-state index < -0.39 is 23.2 Å². The second kappa shape index (κ2) is 9.76. The maximum atomic E-state index is 8.54. The fourth-order valence-corrected chi connectivity index (χ4v) is 0. The third-order valence-electron chi connectivity index (χ3n) is 0. The molecule has 4 heavy (non-hydrogen) atoms. The Morgan fingerprint density at radius 1 is 1.25 bits per heavy atom. The Balaban J connectivity index is 0. The van der Waals surface area contributed by atoms with Gasteiger partial charge in [0.1, 0.15) is 0 Å². The van der Waals surface area contributed by atoms with Gasteiger partial charge in [-0.15, -0.1) is 0 Å². The van der Waals surface area contributed by atoms with Gasteiger partial charge >= 0.3 is 28.9 Å². The molecule has 0 spiro atoms. The van der Waals surface area contributed by atoms with Crippen molar-refractivity contribution in [1.29, 1.82) is 0 Å². The zero-order valence-electron chi connectivity index (χ0n) is 1.32. The molecule has 24 valence electrons. The third kappa shape index (κ3) is 23.4. The summed E-state index contributed by atoms with van der Waals surface area (Å²) in [5.41, 5.74) is 0. The van der Waals surface area contributed by atoms with Crippen LogP contribution in [0.3, 0.4) is 0 Å². The molecule has 0 aliphatic rings. The first kappa shape index (κ1) is 8.82. The molecule has 2 nitrogen and oxygen atoms in total. The summed E-state index contributed by atoms with van der Waals surface area (Å²) in [7, 11) is 0. The van der Waals surface area contributed by atoms with E-state index in [1.807, 2.05) is 0 Å². The molecule has 0 bridgehead atoms. The Bertz CT molecular complexity index is 27.0. The molecule has 0 heterocycles. The van der Waals surface area contributed by atoms with Gasteiger partial charge in [0.2, 0.25) is 0 Å². The summed E-state index contributed by atoms with van der Waals surface area (Å²) in [4.78, 5) is 0. The molecule has 0 aromatic carbocycles. The van der Waals surface area contributed by atoms with Crippen LogP contribution >= 0.6 is 0 Å². The summed E-state index contributed by atoms with van der Waals surface area (Å²) in [5, 5.41) is 0. The molecule has 0 radical (unpaired) electrons. The predicted octanol–water partition coefficient (Wildman–Crippen LogP) is 0.396. The van der Waals surface area contributed by atoms with Crippen molar-refractivity contribution in [2.24, 2.45) is 0 Å². The molecular formula is CH4O2Zr. The van der Waals surface area contributed by atoms with Gasteiger partial charge in [0.05, 0.1) is 0 Å². The van der Waals surface area contributed by atoms with E-state index in [0.717, 1.165) is 0 Å². The molecule has 0 unspecified atom stereocenters. The molecule has 0 rings (SSSR count). The van der Waals surface area contributed by atoms with Gasteiger partial charge in [-0.3, -0.25) is 0 Å². The SMILES string of the molecule is C.[O]=[Zr]=[O]. The van der Waals surface area contributed by atoms with Crippen LogP contribution in [0.2, 0.25) is 0 Å². The second-order valence-corrected chi connectivity index (χ2v) is 0.493. The van der Waals surface area contributed by atoms with E-state index >= 15 is 0 Å². The van der Waals surface area contributed by atoms with Gasteiger partial charge in [0.25, 0.3) is 0 Å². The Labute approximate surface area is 36.7 Å². The van der Waals surface area contributed by atoms with Crippen LogP contribution in [0.1, 0.15) is 7.43 Å². The van der Waals surface area contributed by atoms with Crippen molar-refractivity contribution < 1.29 is 28.9 Å². The zero-order valence-corrected chi connectivity index (χ0v) is 3.77. The molecule has 0 aromatic heterocycles. The van der Waals surface area contributed by atoms with Crippen molar-refractivity contribution in [3.05, 3.63) is 0 Å². The molecule has 0 aliphatic carbocycles. The van der Waals surface area contributed by atoms with Crippen molar-refractivity contribution in [2.75, 3.05) is 0 Å². The quantitative estimate of drug-likeness (QED) is 0.487. The van der Waals surface area contributed by atoms with Gasteiger partial charge in [-0.2, -0.15) is 0 Å². The van der Waals surface area contributed by atoms with Crippen LogP contribution < -0.4 is 0 Å². The predicted molar refractivity (Wildman–Crippen MR) is 8.10 cm³/mol. The first-order chi connectivity index (χ1) is 1.41. The number of rotatable bonds is 0.